The maximum Gasteiger partial charge on any atom is 0.255 e. The van der Waals surface area contributed by atoms with Gasteiger partial charge in [0, 0.05) is 26.2 Å². The number of hydrogen-bond acceptors (Lipinski definition) is 4. The van der Waals surface area contributed by atoms with Gasteiger partial charge in [-0.2, -0.15) is 0 Å². The molecule has 8 heteroatoms. The molecule has 7 nitrogen and oxygen atoms in total. The topological polar surface area (TPSA) is 95.6 Å². The van der Waals surface area contributed by atoms with Crippen LogP contribution in [0.1, 0.15) is 27.6 Å². The summed E-state index contributed by atoms with van der Waals surface area (Å²) in [5.74, 6) is -0.801. The molecule has 138 valence electrons. The van der Waals surface area contributed by atoms with Crippen LogP contribution in [0.15, 0.2) is 53.4 Å². The van der Waals surface area contributed by atoms with Crippen molar-refractivity contribution >= 4 is 27.5 Å². The van der Waals surface area contributed by atoms with Gasteiger partial charge in [-0.3, -0.25) is 9.59 Å². The zero-order valence-corrected chi connectivity index (χ0v) is 15.6. The quantitative estimate of drug-likeness (QED) is 0.806. The first-order valence-electron chi connectivity index (χ1n) is 7.98. The lowest BCUT2D eigenvalue weighted by Crippen LogP contribution is -2.25. The molecule has 0 atom stereocenters. The number of benzene rings is 2. The highest BCUT2D eigenvalue weighted by molar-refractivity contribution is 7.89. The van der Waals surface area contributed by atoms with Gasteiger partial charge >= 0.3 is 0 Å². The van der Waals surface area contributed by atoms with Crippen LogP contribution in [0.4, 0.5) is 5.69 Å². The zero-order valence-electron chi connectivity index (χ0n) is 14.8. The van der Waals surface area contributed by atoms with E-state index in [9.17, 15) is 18.0 Å². The highest BCUT2D eigenvalue weighted by Gasteiger charge is 2.19. The normalized spacial score (nSPS) is 11.2. The molecule has 26 heavy (non-hydrogen) atoms. The molecule has 2 aromatic rings. The molecule has 0 fully saturated rings. The highest BCUT2D eigenvalue weighted by Crippen LogP contribution is 2.19. The van der Waals surface area contributed by atoms with E-state index in [1.807, 2.05) is 0 Å². The predicted molar refractivity (Wildman–Crippen MR) is 99.7 cm³/mol. The molecule has 2 N–H and O–H groups in total. The second-order valence-corrected chi connectivity index (χ2v) is 7.83. The van der Waals surface area contributed by atoms with Gasteiger partial charge < -0.3 is 10.6 Å². The number of nitrogens with one attached hydrogen (secondary N) is 2. The fourth-order valence-corrected chi connectivity index (χ4v) is 3.20. The van der Waals surface area contributed by atoms with Gasteiger partial charge in [-0.25, -0.2) is 12.7 Å². The van der Waals surface area contributed by atoms with Gasteiger partial charge in [0.1, 0.15) is 0 Å². The molecule has 0 aliphatic carbocycles. The van der Waals surface area contributed by atoms with Crippen molar-refractivity contribution in [2.45, 2.75) is 11.8 Å². The Labute approximate surface area is 153 Å². The average Bonchev–Trinajstić information content (AvgIpc) is 2.62. The summed E-state index contributed by atoms with van der Waals surface area (Å²) in [6.07, 6.45) is 0. The molecular formula is C18H21N3O4S. The van der Waals surface area contributed by atoms with Crippen LogP contribution >= 0.6 is 0 Å². The number of hydrogen-bond donors (Lipinski definition) is 2. The standard InChI is InChI=1S/C18H21N3O4S/c1-4-19-18(23)15-10-5-6-11-16(15)20-17(22)13-8-7-9-14(12-13)26(24,25)21(2)3/h5-12H,4H2,1-3H3,(H,19,23)(H,20,22). The Bertz CT molecular complexity index is 924. The second-order valence-electron chi connectivity index (χ2n) is 5.67. The Morgan fingerprint density at radius 1 is 1.00 bits per heavy atom. The van der Waals surface area contributed by atoms with Gasteiger partial charge in [0.15, 0.2) is 0 Å². The van der Waals surface area contributed by atoms with Gasteiger partial charge in [0.2, 0.25) is 10.0 Å². The van der Waals surface area contributed by atoms with Crippen LogP contribution in [0.3, 0.4) is 0 Å². The number of carbonyl (C=O) groups excluding carboxylic acids is 2. The highest BCUT2D eigenvalue weighted by atomic mass is 32.2. The molecule has 0 saturated heterocycles. The van der Waals surface area contributed by atoms with E-state index >= 15 is 0 Å². The minimum atomic E-state index is -3.65. The molecule has 0 aliphatic rings. The number of nitrogens with zero attached hydrogens (tertiary/aromatic N) is 1. The Balaban J connectivity index is 2.31. The molecule has 2 aromatic carbocycles. The van der Waals surface area contributed by atoms with E-state index in [4.69, 9.17) is 0 Å². The number of carbonyl (C=O) groups is 2. The summed E-state index contributed by atoms with van der Waals surface area (Å²) in [5, 5.41) is 5.35. The van der Waals surface area contributed by atoms with Crippen LogP contribution in [0, 0.1) is 0 Å². The van der Waals surface area contributed by atoms with Crippen molar-refractivity contribution in [2.24, 2.45) is 0 Å². The Kier molecular flexibility index (Phi) is 6.12. The molecule has 0 aromatic heterocycles. The fourth-order valence-electron chi connectivity index (χ4n) is 2.25. The van der Waals surface area contributed by atoms with Crippen molar-refractivity contribution in [3.05, 3.63) is 59.7 Å². The summed E-state index contributed by atoms with van der Waals surface area (Å²) in [5.41, 5.74) is 0.864. The lowest BCUT2D eigenvalue weighted by Gasteiger charge is -2.13. The molecule has 0 radical (unpaired) electrons. The van der Waals surface area contributed by atoms with Crippen molar-refractivity contribution in [2.75, 3.05) is 26.0 Å². The Hall–Kier alpha value is -2.71. The summed E-state index contributed by atoms with van der Waals surface area (Å²) < 4.78 is 25.5. The third-order valence-electron chi connectivity index (χ3n) is 3.63. The molecule has 0 aliphatic heterocycles. The number of anilines is 1. The van der Waals surface area contributed by atoms with Crippen LogP contribution in [0.5, 0.6) is 0 Å². The predicted octanol–water partition coefficient (Wildman–Crippen LogP) is 1.94. The second kappa shape index (κ2) is 8.11. The van der Waals surface area contributed by atoms with E-state index in [-0.39, 0.29) is 16.4 Å². The molecule has 0 spiro atoms. The fraction of sp³-hybridized carbons (Fsp3) is 0.222. The smallest absolute Gasteiger partial charge is 0.255 e. The third kappa shape index (κ3) is 4.27. The molecule has 2 amide bonds. The van der Waals surface area contributed by atoms with Crippen LogP contribution in [0.2, 0.25) is 0 Å². The summed E-state index contributed by atoms with van der Waals surface area (Å²) >= 11 is 0. The van der Waals surface area contributed by atoms with E-state index in [0.717, 1.165) is 4.31 Å². The van der Waals surface area contributed by atoms with Gasteiger partial charge in [-0.1, -0.05) is 18.2 Å². The minimum absolute atomic E-state index is 0.0205. The molecular weight excluding hydrogens is 354 g/mol. The monoisotopic (exact) mass is 375 g/mol. The van der Waals surface area contributed by atoms with Crippen molar-refractivity contribution in [3.63, 3.8) is 0 Å². The average molecular weight is 375 g/mol. The lowest BCUT2D eigenvalue weighted by molar-refractivity contribution is 0.0956. The van der Waals surface area contributed by atoms with E-state index in [0.29, 0.717) is 17.8 Å². The van der Waals surface area contributed by atoms with E-state index in [1.54, 1.807) is 31.2 Å². The van der Waals surface area contributed by atoms with Gasteiger partial charge in [-0.05, 0) is 37.3 Å². The van der Waals surface area contributed by atoms with Gasteiger partial charge in [0.25, 0.3) is 11.8 Å². The summed E-state index contributed by atoms with van der Waals surface area (Å²) in [6.45, 7) is 2.27. The van der Waals surface area contributed by atoms with Crippen molar-refractivity contribution in [1.29, 1.82) is 0 Å². The SMILES string of the molecule is CCNC(=O)c1ccccc1NC(=O)c1cccc(S(=O)(=O)N(C)C)c1. The lowest BCUT2D eigenvalue weighted by atomic mass is 10.1. The molecule has 0 unspecified atom stereocenters. The van der Waals surface area contributed by atoms with Crippen molar-refractivity contribution in [3.8, 4) is 0 Å². The van der Waals surface area contributed by atoms with Gasteiger partial charge in [0.05, 0.1) is 16.1 Å². The Morgan fingerprint density at radius 3 is 2.35 bits per heavy atom. The van der Waals surface area contributed by atoms with Crippen LogP contribution < -0.4 is 10.6 Å². The number of para-hydroxylation sites is 1. The maximum absolute atomic E-state index is 12.5. The third-order valence-corrected chi connectivity index (χ3v) is 5.44. The molecule has 0 saturated carbocycles. The summed E-state index contributed by atoms with van der Waals surface area (Å²) in [6, 6.07) is 12.4. The van der Waals surface area contributed by atoms with Crippen LogP contribution in [-0.2, 0) is 10.0 Å². The Morgan fingerprint density at radius 2 is 1.69 bits per heavy atom. The van der Waals surface area contributed by atoms with Gasteiger partial charge in [-0.15, -0.1) is 0 Å². The largest absolute Gasteiger partial charge is 0.352 e. The van der Waals surface area contributed by atoms with E-state index in [1.165, 1.54) is 38.4 Å². The number of rotatable bonds is 6. The first-order valence-corrected chi connectivity index (χ1v) is 9.42. The van der Waals surface area contributed by atoms with Crippen LogP contribution in [-0.4, -0.2) is 45.2 Å². The summed E-state index contributed by atoms with van der Waals surface area (Å²) in [7, 11) is -0.803. The molecule has 2 rings (SSSR count). The summed E-state index contributed by atoms with van der Waals surface area (Å²) in [4.78, 5) is 24.7. The van der Waals surface area contributed by atoms with Crippen molar-refractivity contribution < 1.29 is 18.0 Å². The number of sulfonamides is 1. The first-order chi connectivity index (χ1) is 12.3. The van der Waals surface area contributed by atoms with Crippen molar-refractivity contribution in [1.82, 2.24) is 9.62 Å². The number of amides is 2. The maximum atomic E-state index is 12.5. The van der Waals surface area contributed by atoms with E-state index in [2.05, 4.69) is 10.6 Å². The first kappa shape index (κ1) is 19.6. The van der Waals surface area contributed by atoms with E-state index < -0.39 is 15.9 Å². The zero-order chi connectivity index (χ0) is 19.3. The minimum Gasteiger partial charge on any atom is -0.352 e. The van der Waals surface area contributed by atoms with Crippen LogP contribution in [0.25, 0.3) is 0 Å². The molecule has 0 heterocycles. The molecule has 0 bridgehead atoms.